The molecule has 0 aliphatic carbocycles. The maximum atomic E-state index is 11.8. The molecule has 82 valence electrons. The van der Waals surface area contributed by atoms with Gasteiger partial charge in [0.2, 0.25) is 0 Å². The van der Waals surface area contributed by atoms with Crippen molar-refractivity contribution in [1.82, 2.24) is 0 Å². The first-order valence-corrected chi connectivity index (χ1v) is 5.30. The van der Waals surface area contributed by atoms with Gasteiger partial charge in [-0.15, -0.1) is 0 Å². The van der Waals surface area contributed by atoms with Gasteiger partial charge >= 0.3 is 0 Å². The van der Waals surface area contributed by atoms with Gasteiger partial charge in [0.15, 0.2) is 5.78 Å². The average molecular weight is 247 g/mol. The minimum absolute atomic E-state index is 0.0312. The number of hydrogen-bond acceptors (Lipinski definition) is 2. The lowest BCUT2D eigenvalue weighted by molar-refractivity contribution is 0.0936. The zero-order chi connectivity index (χ0) is 11.6. The average Bonchev–Trinajstić information content (AvgIpc) is 2.15. The van der Waals surface area contributed by atoms with Gasteiger partial charge in [-0.3, -0.25) is 4.79 Å². The largest absolute Gasteiger partial charge is 0.494 e. The Morgan fingerprint density at radius 1 is 1.33 bits per heavy atom. The molecule has 0 aliphatic heterocycles. The molecule has 0 aliphatic rings. The van der Waals surface area contributed by atoms with E-state index in [0.717, 1.165) is 0 Å². The Morgan fingerprint density at radius 3 is 2.40 bits per heavy atom. The summed E-state index contributed by atoms with van der Waals surface area (Å²) in [6.07, 6.45) is 0. The second-order valence-corrected chi connectivity index (χ2v) is 4.33. The molecule has 0 N–H and O–H groups in total. The fraction of sp³-hybridized carbons (Fsp3) is 0.364. The van der Waals surface area contributed by atoms with Gasteiger partial charge in [-0.05, 0) is 12.1 Å². The van der Waals surface area contributed by atoms with Crippen molar-refractivity contribution in [1.29, 1.82) is 0 Å². The number of carbonyl (C=O) groups excluding carboxylic acids is 1. The molecule has 0 saturated carbocycles. The number of rotatable bonds is 3. The van der Waals surface area contributed by atoms with Crippen LogP contribution in [0.25, 0.3) is 0 Å². The van der Waals surface area contributed by atoms with Crippen molar-refractivity contribution in [2.75, 3.05) is 7.11 Å². The molecule has 0 amide bonds. The number of hydrogen-bond donors (Lipinski definition) is 0. The third-order valence-corrected chi connectivity index (χ3v) is 2.50. The van der Waals surface area contributed by atoms with Gasteiger partial charge in [-0.2, -0.15) is 0 Å². The predicted octanol–water partition coefficient (Wildman–Crippen LogP) is 3.84. The molecule has 0 radical (unpaired) electrons. The SMILES string of the molecule is COc1c(Cl)cc(Cl)cc1C(=O)C(C)C. The maximum Gasteiger partial charge on any atom is 0.169 e. The molecule has 0 unspecified atom stereocenters. The van der Waals surface area contributed by atoms with Gasteiger partial charge < -0.3 is 4.74 Å². The molecule has 0 aromatic heterocycles. The standard InChI is InChI=1S/C11H12Cl2O2/c1-6(2)10(14)8-4-7(12)5-9(13)11(8)15-3/h4-6H,1-3H3. The normalized spacial score (nSPS) is 10.5. The highest BCUT2D eigenvalue weighted by molar-refractivity contribution is 6.36. The van der Waals surface area contributed by atoms with E-state index in [9.17, 15) is 4.79 Å². The molecule has 0 bridgehead atoms. The molecule has 0 spiro atoms. The number of Topliss-reactive ketones (excluding diaryl/α,β-unsaturated/α-hetero) is 1. The lowest BCUT2D eigenvalue weighted by Crippen LogP contribution is -2.09. The topological polar surface area (TPSA) is 26.3 Å². The van der Waals surface area contributed by atoms with Crippen molar-refractivity contribution in [3.05, 3.63) is 27.7 Å². The third-order valence-electron chi connectivity index (χ3n) is 2.00. The highest BCUT2D eigenvalue weighted by atomic mass is 35.5. The fourth-order valence-electron chi connectivity index (χ4n) is 1.26. The van der Waals surface area contributed by atoms with Crippen LogP contribution in [0, 0.1) is 5.92 Å². The number of methoxy groups -OCH3 is 1. The maximum absolute atomic E-state index is 11.8. The van der Waals surface area contributed by atoms with Crippen molar-refractivity contribution >= 4 is 29.0 Å². The van der Waals surface area contributed by atoms with E-state index >= 15 is 0 Å². The lowest BCUT2D eigenvalue weighted by Gasteiger charge is -2.11. The zero-order valence-corrected chi connectivity index (χ0v) is 10.3. The van der Waals surface area contributed by atoms with Crippen LogP contribution in [0.3, 0.4) is 0 Å². The summed E-state index contributed by atoms with van der Waals surface area (Å²) in [6.45, 7) is 3.63. The zero-order valence-electron chi connectivity index (χ0n) is 8.80. The molecule has 2 nitrogen and oxygen atoms in total. The van der Waals surface area contributed by atoms with Crippen molar-refractivity contribution in [3.8, 4) is 5.75 Å². The van der Waals surface area contributed by atoms with Crippen LogP contribution in [0.15, 0.2) is 12.1 Å². The van der Waals surface area contributed by atoms with Gasteiger partial charge in [0, 0.05) is 10.9 Å². The molecule has 4 heteroatoms. The van der Waals surface area contributed by atoms with Crippen LogP contribution in [0.2, 0.25) is 10.0 Å². The van der Waals surface area contributed by atoms with E-state index < -0.39 is 0 Å². The highest BCUT2D eigenvalue weighted by Crippen LogP contribution is 2.33. The Bertz CT molecular complexity index is 386. The van der Waals surface area contributed by atoms with Crippen molar-refractivity contribution < 1.29 is 9.53 Å². The third kappa shape index (κ3) is 2.64. The van der Waals surface area contributed by atoms with Crippen LogP contribution in [0.1, 0.15) is 24.2 Å². The molecule has 1 aromatic carbocycles. The monoisotopic (exact) mass is 246 g/mol. The van der Waals surface area contributed by atoms with Gasteiger partial charge in [-0.1, -0.05) is 37.0 Å². The summed E-state index contributed by atoms with van der Waals surface area (Å²) >= 11 is 11.8. The molecule has 15 heavy (non-hydrogen) atoms. The second kappa shape index (κ2) is 4.86. The summed E-state index contributed by atoms with van der Waals surface area (Å²) in [7, 11) is 1.48. The minimum Gasteiger partial charge on any atom is -0.494 e. The predicted molar refractivity (Wildman–Crippen MR) is 62.2 cm³/mol. The Hall–Kier alpha value is -0.730. The lowest BCUT2D eigenvalue weighted by atomic mass is 10.0. The Balaban J connectivity index is 3.32. The molecule has 1 rings (SSSR count). The molecular formula is C11H12Cl2O2. The molecule has 0 heterocycles. The van der Waals surface area contributed by atoms with Crippen molar-refractivity contribution in [2.45, 2.75) is 13.8 Å². The van der Waals surface area contributed by atoms with E-state index in [1.165, 1.54) is 7.11 Å². The Labute approximate surface area is 99.1 Å². The summed E-state index contributed by atoms with van der Waals surface area (Å²) in [5.41, 5.74) is 0.435. The Morgan fingerprint density at radius 2 is 1.93 bits per heavy atom. The van der Waals surface area contributed by atoms with Crippen LogP contribution in [0.5, 0.6) is 5.75 Å². The van der Waals surface area contributed by atoms with Crippen LogP contribution in [-0.4, -0.2) is 12.9 Å². The van der Waals surface area contributed by atoms with E-state index in [4.69, 9.17) is 27.9 Å². The van der Waals surface area contributed by atoms with Crippen molar-refractivity contribution in [3.63, 3.8) is 0 Å². The van der Waals surface area contributed by atoms with Gasteiger partial charge in [-0.25, -0.2) is 0 Å². The minimum atomic E-state index is -0.117. The van der Waals surface area contributed by atoms with E-state index in [2.05, 4.69) is 0 Å². The van der Waals surface area contributed by atoms with Gasteiger partial charge in [0.1, 0.15) is 5.75 Å². The fourth-order valence-corrected chi connectivity index (χ4v) is 1.83. The summed E-state index contributed by atoms with van der Waals surface area (Å²) in [4.78, 5) is 11.8. The first kappa shape index (κ1) is 12.3. The Kier molecular flexibility index (Phi) is 4.00. The molecule has 0 atom stereocenters. The smallest absolute Gasteiger partial charge is 0.169 e. The summed E-state index contributed by atoms with van der Waals surface area (Å²) in [5.74, 6) is 0.240. The summed E-state index contributed by atoms with van der Waals surface area (Å²) < 4.78 is 5.09. The number of ether oxygens (including phenoxy) is 1. The number of benzene rings is 1. The summed E-state index contributed by atoms with van der Waals surface area (Å²) in [6, 6.07) is 3.13. The molecular weight excluding hydrogens is 235 g/mol. The van der Waals surface area contributed by atoms with Crippen LogP contribution in [0.4, 0.5) is 0 Å². The van der Waals surface area contributed by atoms with Crippen LogP contribution >= 0.6 is 23.2 Å². The quantitative estimate of drug-likeness (QED) is 0.758. The molecule has 0 saturated heterocycles. The molecule has 1 aromatic rings. The van der Waals surface area contributed by atoms with Crippen LogP contribution < -0.4 is 4.74 Å². The number of halogens is 2. The van der Waals surface area contributed by atoms with Crippen molar-refractivity contribution in [2.24, 2.45) is 5.92 Å². The summed E-state index contributed by atoms with van der Waals surface area (Å²) in [5, 5.41) is 0.791. The highest BCUT2D eigenvalue weighted by Gasteiger charge is 2.18. The van der Waals surface area contributed by atoms with Gasteiger partial charge in [0.05, 0.1) is 17.7 Å². The van der Waals surface area contributed by atoms with Crippen LogP contribution in [-0.2, 0) is 0 Å². The van der Waals surface area contributed by atoms with Gasteiger partial charge in [0.25, 0.3) is 0 Å². The first-order valence-electron chi connectivity index (χ1n) is 4.54. The second-order valence-electron chi connectivity index (χ2n) is 3.49. The molecule has 0 fully saturated rings. The van der Waals surface area contributed by atoms with E-state index in [1.54, 1.807) is 12.1 Å². The first-order chi connectivity index (χ1) is 6.97. The van der Waals surface area contributed by atoms with E-state index in [-0.39, 0.29) is 11.7 Å². The van der Waals surface area contributed by atoms with E-state index in [0.29, 0.717) is 21.4 Å². The number of ketones is 1. The number of carbonyl (C=O) groups is 1. The van der Waals surface area contributed by atoms with E-state index in [1.807, 2.05) is 13.8 Å².